The molecule has 1 heterocycles. The molecule has 2 aromatic carbocycles. The lowest BCUT2D eigenvalue weighted by Gasteiger charge is -2.30. The molecular weight excluding hydrogens is 340 g/mol. The Morgan fingerprint density at radius 2 is 1.84 bits per heavy atom. The summed E-state index contributed by atoms with van der Waals surface area (Å²) in [7, 11) is 3.10. The normalized spacial score (nSPS) is 16.9. The Hall–Kier alpha value is -2.64. The van der Waals surface area contributed by atoms with Crippen LogP contribution in [0.25, 0.3) is 0 Å². The number of nitrogens with zero attached hydrogens (tertiary/aromatic N) is 1. The maximum atomic E-state index is 12.7. The first-order chi connectivity index (χ1) is 12.0. The van der Waals surface area contributed by atoms with Crippen molar-refractivity contribution in [3.63, 3.8) is 0 Å². The third kappa shape index (κ3) is 3.42. The zero-order valence-electron chi connectivity index (χ0n) is 13.7. The van der Waals surface area contributed by atoms with E-state index in [1.165, 1.54) is 37.3 Å². The Balaban J connectivity index is 1.86. The highest BCUT2D eigenvalue weighted by atomic mass is 32.2. The lowest BCUT2D eigenvalue weighted by Crippen LogP contribution is -2.46. The molecule has 0 aliphatic carbocycles. The first kappa shape index (κ1) is 17.2. The molecule has 1 atom stereocenters. The highest BCUT2D eigenvalue weighted by Gasteiger charge is 2.37. The standard InChI is InChI=1S/C18H16N2O4S/c1-20-16(17(22)12-5-3-4-6-15(12)25-20)18(23)19-11-7-9-13(21)14(24-2)10-8-11/h3-10,16H,1-2H3,(H,19,23). The molecule has 6 nitrogen and oxygen atoms in total. The number of likely N-dealkylation sites (N-methyl/N-ethyl adjacent to an activating group) is 1. The van der Waals surface area contributed by atoms with Crippen molar-refractivity contribution >= 4 is 29.3 Å². The first-order valence-corrected chi connectivity index (χ1v) is 8.32. The summed E-state index contributed by atoms with van der Waals surface area (Å²) in [6, 6.07) is 12.1. The topological polar surface area (TPSA) is 75.7 Å². The van der Waals surface area contributed by atoms with Crippen LogP contribution in [-0.4, -0.2) is 36.2 Å². The second-order valence-electron chi connectivity index (χ2n) is 5.44. The van der Waals surface area contributed by atoms with Gasteiger partial charge in [-0.25, -0.2) is 4.31 Å². The van der Waals surface area contributed by atoms with Crippen molar-refractivity contribution in [3.05, 3.63) is 64.3 Å². The maximum absolute atomic E-state index is 12.7. The zero-order chi connectivity index (χ0) is 18.0. The maximum Gasteiger partial charge on any atom is 0.250 e. The number of hydrogen-bond acceptors (Lipinski definition) is 6. The van der Waals surface area contributed by atoms with Gasteiger partial charge in [-0.3, -0.25) is 14.4 Å². The van der Waals surface area contributed by atoms with E-state index < -0.39 is 11.9 Å². The minimum absolute atomic E-state index is 0.177. The SMILES string of the molecule is COc1ccc(NC(=O)C2C(=O)c3ccccc3SN2C)ccc1=O. The van der Waals surface area contributed by atoms with Gasteiger partial charge in [0.2, 0.25) is 5.43 Å². The van der Waals surface area contributed by atoms with Gasteiger partial charge in [0.05, 0.1) is 7.11 Å². The Labute approximate surface area is 148 Å². The number of nitrogens with one attached hydrogen (secondary N) is 1. The van der Waals surface area contributed by atoms with Gasteiger partial charge in [-0.05, 0) is 49.3 Å². The van der Waals surface area contributed by atoms with Crippen LogP contribution in [-0.2, 0) is 4.79 Å². The number of methoxy groups -OCH3 is 1. The molecule has 0 bridgehead atoms. The number of carbonyl (C=O) groups is 2. The van der Waals surface area contributed by atoms with E-state index in [0.717, 1.165) is 4.90 Å². The molecule has 25 heavy (non-hydrogen) atoms. The molecule has 128 valence electrons. The number of fused-ring (bicyclic) bond motifs is 1. The predicted molar refractivity (Wildman–Crippen MR) is 96.1 cm³/mol. The van der Waals surface area contributed by atoms with Crippen LogP contribution in [0.1, 0.15) is 10.4 Å². The minimum atomic E-state index is -0.945. The number of ether oxygens (including phenoxy) is 1. The number of amides is 1. The number of ketones is 1. The molecular formula is C18H16N2O4S. The van der Waals surface area contributed by atoms with E-state index in [9.17, 15) is 14.4 Å². The van der Waals surface area contributed by atoms with Crippen molar-refractivity contribution in [2.75, 3.05) is 19.5 Å². The van der Waals surface area contributed by atoms with Crippen LogP contribution >= 0.6 is 11.9 Å². The molecule has 0 radical (unpaired) electrons. The van der Waals surface area contributed by atoms with Gasteiger partial charge in [0, 0.05) is 16.1 Å². The van der Waals surface area contributed by atoms with Crippen molar-refractivity contribution in [2.45, 2.75) is 10.9 Å². The minimum Gasteiger partial charge on any atom is -0.493 e. The Morgan fingerprint density at radius 1 is 1.12 bits per heavy atom. The largest absolute Gasteiger partial charge is 0.493 e. The summed E-state index contributed by atoms with van der Waals surface area (Å²) in [5.74, 6) is -0.528. The Bertz CT molecular complexity index is 900. The van der Waals surface area contributed by atoms with Crippen molar-refractivity contribution in [3.8, 4) is 5.75 Å². The first-order valence-electron chi connectivity index (χ1n) is 7.54. The lowest BCUT2D eigenvalue weighted by molar-refractivity contribution is -0.118. The van der Waals surface area contributed by atoms with Gasteiger partial charge in [0.15, 0.2) is 17.6 Å². The third-order valence-corrected chi connectivity index (χ3v) is 4.87. The fourth-order valence-corrected chi connectivity index (χ4v) is 3.58. The van der Waals surface area contributed by atoms with Gasteiger partial charge < -0.3 is 10.1 Å². The molecule has 2 aromatic rings. The molecule has 0 saturated heterocycles. The summed E-state index contributed by atoms with van der Waals surface area (Å²) in [5, 5.41) is 2.69. The summed E-state index contributed by atoms with van der Waals surface area (Å²) in [4.78, 5) is 37.9. The van der Waals surface area contributed by atoms with Gasteiger partial charge in [-0.2, -0.15) is 0 Å². The number of Topliss-reactive ketones (excluding diaryl/α,β-unsaturated/α-hetero) is 1. The molecule has 1 aliphatic heterocycles. The van der Waals surface area contributed by atoms with Crippen LogP contribution in [0.4, 0.5) is 5.69 Å². The molecule has 0 saturated carbocycles. The fraction of sp³-hybridized carbons (Fsp3) is 0.167. The van der Waals surface area contributed by atoms with Crippen molar-refractivity contribution in [2.24, 2.45) is 0 Å². The van der Waals surface area contributed by atoms with E-state index in [-0.39, 0.29) is 17.0 Å². The van der Waals surface area contributed by atoms with Gasteiger partial charge in [0.1, 0.15) is 0 Å². The van der Waals surface area contributed by atoms with E-state index in [4.69, 9.17) is 4.74 Å². The lowest BCUT2D eigenvalue weighted by atomic mass is 10.0. The van der Waals surface area contributed by atoms with Crippen molar-refractivity contribution in [1.29, 1.82) is 0 Å². The number of rotatable bonds is 3. The van der Waals surface area contributed by atoms with Gasteiger partial charge in [0.25, 0.3) is 5.91 Å². The fourth-order valence-electron chi connectivity index (χ4n) is 2.57. The Morgan fingerprint density at radius 3 is 2.60 bits per heavy atom. The van der Waals surface area contributed by atoms with Gasteiger partial charge in [-0.1, -0.05) is 18.2 Å². The van der Waals surface area contributed by atoms with Crippen LogP contribution in [0.15, 0.2) is 58.2 Å². The second kappa shape index (κ2) is 7.08. The number of hydrogen-bond donors (Lipinski definition) is 1. The molecule has 0 spiro atoms. The van der Waals surface area contributed by atoms with E-state index >= 15 is 0 Å². The highest BCUT2D eigenvalue weighted by Crippen LogP contribution is 2.34. The number of benzene rings is 1. The average Bonchev–Trinajstić information content (AvgIpc) is 2.76. The molecule has 1 aliphatic rings. The summed E-state index contributed by atoms with van der Waals surface area (Å²) >= 11 is 1.35. The molecule has 0 fully saturated rings. The van der Waals surface area contributed by atoms with Gasteiger partial charge >= 0.3 is 0 Å². The number of carbonyl (C=O) groups excluding carboxylic acids is 2. The monoisotopic (exact) mass is 356 g/mol. The van der Waals surface area contributed by atoms with E-state index in [1.807, 2.05) is 12.1 Å². The molecule has 3 rings (SSSR count). The van der Waals surface area contributed by atoms with E-state index in [0.29, 0.717) is 11.3 Å². The molecule has 1 N–H and O–H groups in total. The predicted octanol–water partition coefficient (Wildman–Crippen LogP) is 2.20. The quantitative estimate of drug-likeness (QED) is 0.671. The smallest absolute Gasteiger partial charge is 0.250 e. The Kier molecular flexibility index (Phi) is 4.87. The van der Waals surface area contributed by atoms with Crippen LogP contribution in [0.5, 0.6) is 5.75 Å². The third-order valence-electron chi connectivity index (χ3n) is 3.81. The van der Waals surface area contributed by atoms with Crippen LogP contribution in [0.2, 0.25) is 0 Å². The highest BCUT2D eigenvalue weighted by molar-refractivity contribution is 7.97. The zero-order valence-corrected chi connectivity index (χ0v) is 14.5. The summed E-state index contributed by atoms with van der Waals surface area (Å²) < 4.78 is 6.59. The second-order valence-corrected chi connectivity index (χ2v) is 6.64. The van der Waals surface area contributed by atoms with Crippen molar-refractivity contribution < 1.29 is 14.3 Å². The summed E-state index contributed by atoms with van der Waals surface area (Å²) in [6.07, 6.45) is 0. The summed E-state index contributed by atoms with van der Waals surface area (Å²) in [5.41, 5.74) is 0.654. The molecule has 1 amide bonds. The van der Waals surface area contributed by atoms with Crippen LogP contribution in [0.3, 0.4) is 0 Å². The molecule has 0 aromatic heterocycles. The van der Waals surface area contributed by atoms with Gasteiger partial charge in [-0.15, -0.1) is 0 Å². The average molecular weight is 356 g/mol. The van der Waals surface area contributed by atoms with Crippen LogP contribution in [0, 0.1) is 0 Å². The van der Waals surface area contributed by atoms with E-state index in [2.05, 4.69) is 5.32 Å². The van der Waals surface area contributed by atoms with E-state index in [1.54, 1.807) is 29.6 Å². The number of anilines is 1. The molecule has 7 heteroatoms. The summed E-state index contributed by atoms with van der Waals surface area (Å²) in [6.45, 7) is 0. The van der Waals surface area contributed by atoms with Crippen molar-refractivity contribution in [1.82, 2.24) is 4.31 Å². The van der Waals surface area contributed by atoms with Crippen LogP contribution < -0.4 is 15.5 Å². The molecule has 1 unspecified atom stereocenters.